The minimum Gasteiger partial charge on any atom is -0.354 e. The van der Waals surface area contributed by atoms with E-state index in [1.807, 2.05) is 11.4 Å². The van der Waals surface area contributed by atoms with Crippen molar-refractivity contribution in [1.29, 1.82) is 0 Å². The Balaban J connectivity index is 1.88. The monoisotopic (exact) mass is 376 g/mol. The summed E-state index contributed by atoms with van der Waals surface area (Å²) in [6.45, 7) is 6.47. The Kier molecular flexibility index (Phi) is 7.94. The maximum atomic E-state index is 13.6. The van der Waals surface area contributed by atoms with Crippen molar-refractivity contribution in [3.63, 3.8) is 0 Å². The number of ketones is 1. The van der Waals surface area contributed by atoms with Gasteiger partial charge in [0.05, 0.1) is 11.6 Å². The average molecular weight is 376 g/mol. The minimum absolute atomic E-state index is 0.00169. The fraction of sp³-hybridized carbons (Fsp3) is 0.400. The third-order valence-corrected chi connectivity index (χ3v) is 5.34. The molecular formula is C20H25FN2O2S. The van der Waals surface area contributed by atoms with E-state index in [-0.39, 0.29) is 36.1 Å². The lowest BCUT2D eigenvalue weighted by Crippen LogP contribution is -2.37. The van der Waals surface area contributed by atoms with Gasteiger partial charge in [0.2, 0.25) is 5.91 Å². The number of benzene rings is 1. The van der Waals surface area contributed by atoms with E-state index >= 15 is 0 Å². The Bertz CT molecular complexity index is 714. The minimum atomic E-state index is -0.544. The molecule has 2 aromatic rings. The predicted octanol–water partition coefficient (Wildman–Crippen LogP) is 4.05. The number of likely N-dealkylation sites (N-methyl/N-ethyl adjacent to an activating group) is 1. The smallest absolute Gasteiger partial charge is 0.220 e. The highest BCUT2D eigenvalue weighted by molar-refractivity contribution is 7.10. The SMILES string of the molecule is CCN(CC)C(CNC(=O)CCC(=O)c1ccccc1F)c1cccs1. The molecule has 0 bridgehead atoms. The van der Waals surface area contributed by atoms with E-state index in [9.17, 15) is 14.0 Å². The third-order valence-electron chi connectivity index (χ3n) is 4.37. The number of nitrogens with one attached hydrogen (secondary N) is 1. The van der Waals surface area contributed by atoms with E-state index in [4.69, 9.17) is 0 Å². The van der Waals surface area contributed by atoms with Crippen LogP contribution in [-0.4, -0.2) is 36.2 Å². The summed E-state index contributed by atoms with van der Waals surface area (Å²) >= 11 is 1.67. The number of rotatable bonds is 10. The van der Waals surface area contributed by atoms with Gasteiger partial charge in [0.1, 0.15) is 5.82 Å². The Labute approximate surface area is 158 Å². The number of halogens is 1. The van der Waals surface area contributed by atoms with Gasteiger partial charge in [-0.05, 0) is 36.7 Å². The first-order chi connectivity index (χ1) is 12.6. The van der Waals surface area contributed by atoms with Crippen molar-refractivity contribution < 1.29 is 14.0 Å². The van der Waals surface area contributed by atoms with Crippen LogP contribution in [0.3, 0.4) is 0 Å². The van der Waals surface area contributed by atoms with Crippen molar-refractivity contribution in [1.82, 2.24) is 10.2 Å². The van der Waals surface area contributed by atoms with Crippen LogP contribution in [0.15, 0.2) is 41.8 Å². The number of carbonyl (C=O) groups excluding carboxylic acids is 2. The molecule has 0 saturated heterocycles. The number of amides is 1. The van der Waals surface area contributed by atoms with Crippen LogP contribution in [-0.2, 0) is 4.79 Å². The average Bonchev–Trinajstić information content (AvgIpc) is 3.18. The van der Waals surface area contributed by atoms with Crippen molar-refractivity contribution in [2.24, 2.45) is 0 Å². The highest BCUT2D eigenvalue weighted by Gasteiger charge is 2.20. The second kappa shape index (κ2) is 10.2. The van der Waals surface area contributed by atoms with E-state index in [1.165, 1.54) is 23.1 Å². The molecule has 6 heteroatoms. The standard InChI is InChI=1S/C20H25FN2O2S/c1-3-23(4-2)17(19-10-7-13-26-19)14-22-20(25)12-11-18(24)15-8-5-6-9-16(15)21/h5-10,13,17H,3-4,11-12,14H2,1-2H3,(H,22,25). The van der Waals surface area contributed by atoms with E-state index < -0.39 is 5.82 Å². The van der Waals surface area contributed by atoms with Crippen LogP contribution in [0.1, 0.15) is 48.0 Å². The van der Waals surface area contributed by atoms with E-state index in [0.29, 0.717) is 6.54 Å². The van der Waals surface area contributed by atoms with Crippen molar-refractivity contribution in [2.45, 2.75) is 32.7 Å². The van der Waals surface area contributed by atoms with Gasteiger partial charge in [-0.15, -0.1) is 11.3 Å². The zero-order valence-corrected chi connectivity index (χ0v) is 16.0. The van der Waals surface area contributed by atoms with Crippen molar-refractivity contribution >= 4 is 23.0 Å². The molecule has 0 saturated carbocycles. The molecule has 1 heterocycles. The van der Waals surface area contributed by atoms with Crippen LogP contribution in [0, 0.1) is 5.82 Å². The number of nitrogens with zero attached hydrogens (tertiary/aromatic N) is 1. The van der Waals surface area contributed by atoms with E-state index in [1.54, 1.807) is 17.4 Å². The molecule has 1 atom stereocenters. The molecule has 1 aromatic heterocycles. The second-order valence-corrected chi connectivity index (χ2v) is 6.94. The molecule has 1 N–H and O–H groups in total. The summed E-state index contributed by atoms with van der Waals surface area (Å²) in [5.41, 5.74) is 0.0416. The summed E-state index contributed by atoms with van der Waals surface area (Å²) in [7, 11) is 0. The molecule has 2 rings (SSSR count). The molecule has 0 aliphatic rings. The summed E-state index contributed by atoms with van der Waals surface area (Å²) in [4.78, 5) is 27.7. The summed E-state index contributed by atoms with van der Waals surface area (Å²) in [6.07, 6.45) is 0.0598. The van der Waals surface area contributed by atoms with E-state index in [2.05, 4.69) is 30.1 Å². The fourth-order valence-corrected chi connectivity index (χ4v) is 3.76. The molecule has 0 aliphatic carbocycles. The maximum Gasteiger partial charge on any atom is 0.220 e. The van der Waals surface area contributed by atoms with Gasteiger partial charge in [0.15, 0.2) is 5.78 Å². The van der Waals surface area contributed by atoms with Crippen molar-refractivity contribution in [3.8, 4) is 0 Å². The Morgan fingerprint density at radius 1 is 1.12 bits per heavy atom. The molecular weight excluding hydrogens is 351 g/mol. The van der Waals surface area contributed by atoms with Crippen LogP contribution in [0.25, 0.3) is 0 Å². The predicted molar refractivity (Wildman–Crippen MR) is 103 cm³/mol. The summed E-state index contributed by atoms with van der Waals surface area (Å²) in [6, 6.07) is 10.1. The Morgan fingerprint density at radius 3 is 2.46 bits per heavy atom. The molecule has 1 aromatic carbocycles. The first-order valence-electron chi connectivity index (χ1n) is 8.88. The van der Waals surface area contributed by atoms with Gasteiger partial charge in [-0.25, -0.2) is 4.39 Å². The van der Waals surface area contributed by atoms with Gasteiger partial charge in [-0.3, -0.25) is 14.5 Å². The van der Waals surface area contributed by atoms with Gasteiger partial charge in [0, 0.05) is 24.3 Å². The quantitative estimate of drug-likeness (QED) is 0.637. The maximum absolute atomic E-state index is 13.6. The highest BCUT2D eigenvalue weighted by Crippen LogP contribution is 2.24. The van der Waals surface area contributed by atoms with Crippen LogP contribution in [0.5, 0.6) is 0 Å². The molecule has 1 amide bonds. The normalized spacial score (nSPS) is 12.2. The highest BCUT2D eigenvalue weighted by atomic mass is 32.1. The third kappa shape index (κ3) is 5.47. The van der Waals surface area contributed by atoms with Gasteiger partial charge in [0.25, 0.3) is 0 Å². The van der Waals surface area contributed by atoms with E-state index in [0.717, 1.165) is 13.1 Å². The molecule has 0 radical (unpaired) electrons. The number of carbonyl (C=O) groups is 2. The van der Waals surface area contributed by atoms with Crippen LogP contribution >= 0.6 is 11.3 Å². The summed E-state index contributed by atoms with van der Waals surface area (Å²) < 4.78 is 13.6. The Morgan fingerprint density at radius 2 is 1.85 bits per heavy atom. The summed E-state index contributed by atoms with van der Waals surface area (Å²) in [5, 5.41) is 4.95. The first-order valence-corrected chi connectivity index (χ1v) is 9.76. The lowest BCUT2D eigenvalue weighted by atomic mass is 10.1. The lowest BCUT2D eigenvalue weighted by molar-refractivity contribution is -0.121. The number of hydrogen-bond acceptors (Lipinski definition) is 4. The number of Topliss-reactive ketones (excluding diaryl/α,β-unsaturated/α-hetero) is 1. The fourth-order valence-electron chi connectivity index (χ4n) is 2.90. The molecule has 4 nitrogen and oxygen atoms in total. The zero-order valence-electron chi connectivity index (χ0n) is 15.2. The lowest BCUT2D eigenvalue weighted by Gasteiger charge is -2.29. The molecule has 1 unspecified atom stereocenters. The zero-order chi connectivity index (χ0) is 18.9. The number of thiophene rings is 1. The molecule has 0 spiro atoms. The van der Waals surface area contributed by atoms with Gasteiger partial charge in [-0.2, -0.15) is 0 Å². The molecule has 0 aliphatic heterocycles. The largest absolute Gasteiger partial charge is 0.354 e. The van der Waals surface area contributed by atoms with Crippen LogP contribution in [0.4, 0.5) is 4.39 Å². The van der Waals surface area contributed by atoms with Crippen LogP contribution < -0.4 is 5.32 Å². The summed E-state index contributed by atoms with van der Waals surface area (Å²) in [5.74, 6) is -1.09. The van der Waals surface area contributed by atoms with Crippen molar-refractivity contribution in [3.05, 3.63) is 58.0 Å². The Hall–Kier alpha value is -2.05. The second-order valence-electron chi connectivity index (χ2n) is 5.96. The van der Waals surface area contributed by atoms with Gasteiger partial charge >= 0.3 is 0 Å². The molecule has 0 fully saturated rings. The number of hydrogen-bond donors (Lipinski definition) is 1. The molecule has 140 valence electrons. The molecule has 26 heavy (non-hydrogen) atoms. The topological polar surface area (TPSA) is 49.4 Å². The van der Waals surface area contributed by atoms with Gasteiger partial charge < -0.3 is 5.32 Å². The van der Waals surface area contributed by atoms with Crippen LogP contribution in [0.2, 0.25) is 0 Å². The van der Waals surface area contributed by atoms with Crippen molar-refractivity contribution in [2.75, 3.05) is 19.6 Å². The van der Waals surface area contributed by atoms with Gasteiger partial charge in [-0.1, -0.05) is 32.0 Å². The first kappa shape index (κ1) is 20.3.